The van der Waals surface area contributed by atoms with Gasteiger partial charge in [0.1, 0.15) is 0 Å². The van der Waals surface area contributed by atoms with Crippen LogP contribution in [0.2, 0.25) is 0 Å². The molecule has 0 saturated carbocycles. The van der Waals surface area contributed by atoms with Gasteiger partial charge in [0.2, 0.25) is 0 Å². The summed E-state index contributed by atoms with van der Waals surface area (Å²) in [7, 11) is -2.99. The van der Waals surface area contributed by atoms with Crippen LogP contribution >= 0.6 is 21.2 Å². The van der Waals surface area contributed by atoms with Crippen LogP contribution in [0.15, 0.2) is 19.2 Å². The molecule has 186 valence electrons. The molecular weight excluding hydrogens is 441 g/mol. The zero-order valence-electron chi connectivity index (χ0n) is 22.1. The molecule has 0 aliphatic carbocycles. The fourth-order valence-corrected chi connectivity index (χ4v) is 4.81. The fourth-order valence-electron chi connectivity index (χ4n) is 2.59. The smallest absolute Gasteiger partial charge is 0.191 e. The van der Waals surface area contributed by atoms with Gasteiger partial charge in [-0.2, -0.15) is 0 Å². The lowest BCUT2D eigenvalue weighted by molar-refractivity contribution is 0.674. The molecule has 0 saturated heterocycles. The van der Waals surface area contributed by atoms with Crippen molar-refractivity contribution in [2.75, 3.05) is 99.3 Å². The van der Waals surface area contributed by atoms with Crippen molar-refractivity contribution in [1.29, 1.82) is 0 Å². The van der Waals surface area contributed by atoms with Crippen molar-refractivity contribution in [2.45, 2.75) is 38.5 Å². The first-order chi connectivity index (χ1) is 14.3. The largest absolute Gasteiger partial charge is 0.356 e. The van der Waals surface area contributed by atoms with Gasteiger partial charge in [-0.25, -0.2) is 0 Å². The molecule has 0 aliphatic heterocycles. The fraction of sp³-hybridized carbons (Fsp3) is 0.955. The Bertz CT molecular complexity index is 604. The van der Waals surface area contributed by atoms with Crippen LogP contribution in [0.25, 0.3) is 0 Å². The molecule has 0 aromatic rings. The van der Waals surface area contributed by atoms with E-state index in [2.05, 4.69) is 70.6 Å². The Morgan fingerprint density at radius 3 is 1.16 bits per heavy atom. The van der Waals surface area contributed by atoms with E-state index in [0.717, 1.165) is 83.8 Å². The van der Waals surface area contributed by atoms with Crippen molar-refractivity contribution in [3.05, 3.63) is 0 Å². The van der Waals surface area contributed by atoms with E-state index >= 15 is 0 Å². The van der Waals surface area contributed by atoms with Gasteiger partial charge >= 0.3 is 0 Å². The molecule has 0 radical (unpaired) electrons. The first-order valence-electron chi connectivity index (χ1n) is 11.8. The third kappa shape index (κ3) is 26.1. The molecule has 31 heavy (non-hydrogen) atoms. The van der Waals surface area contributed by atoms with Gasteiger partial charge in [-0.05, 0) is 120 Å². The summed E-state index contributed by atoms with van der Waals surface area (Å²) in [5.74, 6) is 0.959. The Kier molecular flexibility index (Phi) is 16.5. The summed E-state index contributed by atoms with van der Waals surface area (Å²) in [5, 5.41) is 7.04. The molecule has 0 bridgehead atoms. The molecule has 0 heterocycles. The number of nitrogens with one attached hydrogen (secondary N) is 2. The van der Waals surface area contributed by atoms with Crippen molar-refractivity contribution in [1.82, 2.24) is 10.6 Å². The number of guanidine groups is 1. The molecule has 0 rings (SSSR count). The average Bonchev–Trinajstić information content (AvgIpc) is 2.60. The van der Waals surface area contributed by atoms with Crippen molar-refractivity contribution in [3.63, 3.8) is 0 Å². The van der Waals surface area contributed by atoms with Gasteiger partial charge in [-0.15, -0.1) is 0 Å². The Balaban J connectivity index is 4.36. The van der Waals surface area contributed by atoms with Gasteiger partial charge in [-0.3, -0.25) is 4.99 Å². The summed E-state index contributed by atoms with van der Waals surface area (Å²) >= 11 is 0. The monoisotopic (exact) mass is 494 g/mol. The molecule has 0 aromatic carbocycles. The van der Waals surface area contributed by atoms with Crippen LogP contribution in [-0.4, -0.2) is 105 Å². The first kappa shape index (κ1) is 31.0. The van der Waals surface area contributed by atoms with E-state index in [4.69, 9.17) is 19.2 Å². The number of hydrogen-bond donors (Lipinski definition) is 2. The molecule has 0 atom stereocenters. The van der Waals surface area contributed by atoms with Crippen LogP contribution in [-0.2, 0) is 0 Å². The number of rotatable bonds is 15. The lowest BCUT2D eigenvalue weighted by Gasteiger charge is -2.13. The van der Waals surface area contributed by atoms with Crippen LogP contribution in [0.3, 0.4) is 0 Å². The Labute approximate surface area is 194 Å². The lowest BCUT2D eigenvalue weighted by atomic mass is 10.3. The molecule has 0 aliphatic rings. The minimum atomic E-state index is -1.00. The predicted octanol–water partition coefficient (Wildman–Crippen LogP) is 6.13. The molecule has 0 aromatic heterocycles. The highest BCUT2D eigenvalue weighted by Crippen LogP contribution is 2.36. The van der Waals surface area contributed by atoms with E-state index < -0.39 is 21.2 Å². The van der Waals surface area contributed by atoms with Crippen LogP contribution < -0.4 is 10.6 Å². The minimum Gasteiger partial charge on any atom is -0.356 e. The highest BCUT2D eigenvalue weighted by molar-refractivity contribution is 7.64. The summed E-state index contributed by atoms with van der Waals surface area (Å²) in [5.41, 5.74) is 0. The normalized spacial score (nSPS) is 12.3. The topological polar surface area (TPSA) is 73.5 Å². The molecule has 2 N–H and O–H groups in total. The maximum absolute atomic E-state index is 4.80. The Morgan fingerprint density at radius 2 is 0.806 bits per heavy atom. The quantitative estimate of drug-likeness (QED) is 0.124. The van der Waals surface area contributed by atoms with Crippen molar-refractivity contribution >= 4 is 27.1 Å². The molecule has 0 spiro atoms. The highest BCUT2D eigenvalue weighted by atomic mass is 31.2. The third-order valence-corrected chi connectivity index (χ3v) is 7.31. The minimum absolute atomic E-state index is 0.862. The van der Waals surface area contributed by atoms with Gasteiger partial charge in [-0.1, -0.05) is 0 Å². The summed E-state index contributed by atoms with van der Waals surface area (Å²) in [6.45, 7) is 26.1. The van der Waals surface area contributed by atoms with Crippen LogP contribution in [0, 0.1) is 0 Å². The highest BCUT2D eigenvalue weighted by Gasteiger charge is 2.00. The summed E-state index contributed by atoms with van der Waals surface area (Å²) in [6.07, 6.45) is 6.78. The molecule has 6 nitrogen and oxygen atoms in total. The number of nitrogens with zero attached hydrogens (tertiary/aromatic N) is 4. The van der Waals surface area contributed by atoms with E-state index in [1.807, 2.05) is 0 Å². The van der Waals surface area contributed by atoms with E-state index in [0.29, 0.717) is 0 Å². The zero-order chi connectivity index (χ0) is 23.8. The SMILES string of the molecule is CP(C)(C)=NCCCCN=C(NCCCCN=P(C)(C)C)NCCCCN=P(C)(C)C. The maximum atomic E-state index is 4.80. The van der Waals surface area contributed by atoms with Crippen LogP contribution in [0.4, 0.5) is 0 Å². The standard InChI is InChI=1S/C22H53N6P3/c1-29(2,3)26-19-13-10-16-23-22(24-17-11-14-20-27-30(4,5)6)25-18-12-15-21-28-31(7,8)9/h10-21H2,1-9H3,(H2,23,24,25). The van der Waals surface area contributed by atoms with Crippen LogP contribution in [0.5, 0.6) is 0 Å². The van der Waals surface area contributed by atoms with Gasteiger partial charge in [0, 0.05) is 39.3 Å². The van der Waals surface area contributed by atoms with Gasteiger partial charge in [0.05, 0.1) is 0 Å². The maximum Gasteiger partial charge on any atom is 0.191 e. The van der Waals surface area contributed by atoms with Gasteiger partial charge in [0.15, 0.2) is 5.96 Å². The molecular formula is C22H53N6P3. The third-order valence-electron chi connectivity index (χ3n) is 4.16. The zero-order valence-corrected chi connectivity index (χ0v) is 24.8. The predicted molar refractivity (Wildman–Crippen MR) is 152 cm³/mol. The Morgan fingerprint density at radius 1 is 0.484 bits per heavy atom. The second-order valence-electron chi connectivity index (χ2n) is 10.6. The van der Waals surface area contributed by atoms with Crippen molar-refractivity contribution in [2.24, 2.45) is 19.2 Å². The molecule has 9 heteroatoms. The summed E-state index contributed by atoms with van der Waals surface area (Å²) in [6, 6.07) is 0. The number of hydrogen-bond acceptors (Lipinski definition) is 4. The van der Waals surface area contributed by atoms with E-state index in [-0.39, 0.29) is 0 Å². The average molecular weight is 495 g/mol. The van der Waals surface area contributed by atoms with Crippen molar-refractivity contribution in [3.8, 4) is 0 Å². The first-order valence-corrected chi connectivity index (χ1v) is 21.1. The summed E-state index contributed by atoms with van der Waals surface area (Å²) < 4.78 is 14.4. The van der Waals surface area contributed by atoms with Gasteiger partial charge in [0.25, 0.3) is 0 Å². The second-order valence-corrected chi connectivity index (χ2v) is 23.1. The van der Waals surface area contributed by atoms with Crippen molar-refractivity contribution < 1.29 is 0 Å². The Hall–Kier alpha value is -0.0400. The molecule has 0 fully saturated rings. The second kappa shape index (κ2) is 16.6. The lowest BCUT2D eigenvalue weighted by Crippen LogP contribution is -2.38. The van der Waals surface area contributed by atoms with Crippen LogP contribution in [0.1, 0.15) is 38.5 Å². The number of aliphatic imine (C=N–C) groups is 1. The number of unbranched alkanes of at least 4 members (excludes halogenated alkanes) is 3. The van der Waals surface area contributed by atoms with Gasteiger partial charge < -0.3 is 24.9 Å². The van der Waals surface area contributed by atoms with E-state index in [9.17, 15) is 0 Å². The molecule has 0 unspecified atom stereocenters. The molecule has 0 amide bonds. The van der Waals surface area contributed by atoms with E-state index in [1.165, 1.54) is 0 Å². The van der Waals surface area contributed by atoms with E-state index in [1.54, 1.807) is 0 Å². The summed E-state index contributed by atoms with van der Waals surface area (Å²) in [4.78, 5) is 4.80.